The highest BCUT2D eigenvalue weighted by Gasteiger charge is 2.40. The molecule has 6 heteroatoms. The van der Waals surface area contributed by atoms with Crippen LogP contribution in [0.15, 0.2) is 41.6 Å². The molecule has 0 fully saturated rings. The molecule has 2 N–H and O–H groups in total. The summed E-state index contributed by atoms with van der Waals surface area (Å²) in [5.74, 6) is 1.06. The first-order chi connectivity index (χ1) is 12.1. The molecule has 2 aromatic carbocycles. The summed E-state index contributed by atoms with van der Waals surface area (Å²) in [5.41, 5.74) is 3.54. The Morgan fingerprint density at radius 3 is 2.64 bits per heavy atom. The summed E-state index contributed by atoms with van der Waals surface area (Å²) < 4.78 is 10.9. The Morgan fingerprint density at radius 2 is 1.96 bits per heavy atom. The number of amides is 1. The number of carbonyl (C=O) groups excluding carboxylic acids is 1. The first-order valence-corrected chi connectivity index (χ1v) is 8.12. The standard InChI is InChI=1S/C19H20N2O4/c1-4-25-16-8-6-13(10-17(16)24-3)11-21-15-7-5-12(2)9-14(15)18(20-23)19(21)22/h5-10,23H,4,11H2,1-3H3/p+1. The van der Waals surface area contributed by atoms with Crippen molar-refractivity contribution in [3.63, 3.8) is 0 Å². The van der Waals surface area contributed by atoms with E-state index in [0.29, 0.717) is 35.1 Å². The summed E-state index contributed by atoms with van der Waals surface area (Å²) in [6.45, 7) is 4.83. The summed E-state index contributed by atoms with van der Waals surface area (Å²) in [5, 5.41) is 12.5. The molecule has 0 aromatic heterocycles. The quantitative estimate of drug-likeness (QED) is 0.643. The molecule has 25 heavy (non-hydrogen) atoms. The third-order valence-corrected chi connectivity index (χ3v) is 4.25. The molecule has 1 atom stereocenters. The van der Waals surface area contributed by atoms with Crippen LogP contribution < -0.4 is 14.4 Å². The van der Waals surface area contributed by atoms with Crippen LogP contribution in [-0.4, -0.2) is 30.5 Å². The average Bonchev–Trinajstić information content (AvgIpc) is 2.87. The van der Waals surface area contributed by atoms with Crippen LogP contribution in [0.1, 0.15) is 23.6 Å². The Balaban J connectivity index is 1.95. The summed E-state index contributed by atoms with van der Waals surface area (Å²) >= 11 is 0. The number of oxime groups is 1. The molecule has 0 bridgehead atoms. The molecule has 3 rings (SSSR count). The Bertz CT molecular complexity index is 845. The minimum Gasteiger partial charge on any atom is -0.493 e. The SMILES string of the molecule is CCOc1ccc(C[NH+]2C(=O)C(=NO)c3cc(C)ccc32)cc1OC. The van der Waals surface area contributed by atoms with Gasteiger partial charge in [-0.15, -0.1) is 0 Å². The molecular weight excluding hydrogens is 320 g/mol. The van der Waals surface area contributed by atoms with Crippen molar-refractivity contribution >= 4 is 17.3 Å². The number of nitrogens with one attached hydrogen (secondary N) is 1. The summed E-state index contributed by atoms with van der Waals surface area (Å²) in [6.07, 6.45) is 0. The number of ether oxygens (including phenoxy) is 2. The largest absolute Gasteiger partial charge is 0.493 e. The molecule has 0 spiro atoms. The maximum Gasteiger partial charge on any atom is 0.372 e. The number of benzene rings is 2. The van der Waals surface area contributed by atoms with Crippen molar-refractivity contribution in [2.75, 3.05) is 13.7 Å². The number of hydrogen-bond donors (Lipinski definition) is 2. The Labute approximate surface area is 146 Å². The van der Waals surface area contributed by atoms with Gasteiger partial charge in [0.15, 0.2) is 11.5 Å². The number of carbonyl (C=O) groups is 1. The van der Waals surface area contributed by atoms with Crippen LogP contribution in [-0.2, 0) is 11.3 Å². The molecule has 130 valence electrons. The Morgan fingerprint density at radius 1 is 1.16 bits per heavy atom. The number of nitrogens with zero attached hydrogens (tertiary/aromatic N) is 1. The third-order valence-electron chi connectivity index (χ3n) is 4.25. The molecule has 1 amide bonds. The van der Waals surface area contributed by atoms with E-state index in [1.807, 2.05) is 50.2 Å². The summed E-state index contributed by atoms with van der Waals surface area (Å²) in [4.78, 5) is 13.3. The molecular formula is C19H21N2O4+. The molecule has 6 nitrogen and oxygen atoms in total. The van der Waals surface area contributed by atoms with Gasteiger partial charge in [-0.3, -0.25) is 0 Å². The smallest absolute Gasteiger partial charge is 0.372 e. The lowest BCUT2D eigenvalue weighted by atomic mass is 10.1. The van der Waals surface area contributed by atoms with Gasteiger partial charge < -0.3 is 14.7 Å². The average molecular weight is 341 g/mol. The minimum absolute atomic E-state index is 0.103. The van der Waals surface area contributed by atoms with E-state index in [4.69, 9.17) is 9.47 Å². The number of methoxy groups -OCH3 is 1. The van der Waals surface area contributed by atoms with Crippen LogP contribution in [0, 0.1) is 6.92 Å². The van der Waals surface area contributed by atoms with E-state index < -0.39 is 0 Å². The van der Waals surface area contributed by atoms with Gasteiger partial charge in [0.25, 0.3) is 0 Å². The van der Waals surface area contributed by atoms with E-state index in [-0.39, 0.29) is 11.6 Å². The van der Waals surface area contributed by atoms with Crippen molar-refractivity contribution in [3.05, 3.63) is 53.1 Å². The number of hydrogen-bond acceptors (Lipinski definition) is 5. The molecule has 1 unspecified atom stereocenters. The van der Waals surface area contributed by atoms with Crippen molar-refractivity contribution in [2.45, 2.75) is 20.4 Å². The van der Waals surface area contributed by atoms with Gasteiger partial charge in [0, 0.05) is 11.6 Å². The molecule has 0 saturated heterocycles. The fourth-order valence-corrected chi connectivity index (χ4v) is 3.08. The van der Waals surface area contributed by atoms with Gasteiger partial charge in [0.05, 0.1) is 19.3 Å². The topological polar surface area (TPSA) is 72.6 Å². The number of rotatable bonds is 5. The maximum atomic E-state index is 12.6. The van der Waals surface area contributed by atoms with Gasteiger partial charge >= 0.3 is 5.91 Å². The highest BCUT2D eigenvalue weighted by Crippen LogP contribution is 2.28. The van der Waals surface area contributed by atoms with Crippen LogP contribution in [0.25, 0.3) is 0 Å². The Kier molecular flexibility index (Phi) is 4.72. The van der Waals surface area contributed by atoms with Gasteiger partial charge in [-0.2, -0.15) is 0 Å². The van der Waals surface area contributed by atoms with Crippen molar-refractivity contribution < 1.29 is 24.4 Å². The first kappa shape index (κ1) is 17.0. The number of quaternary nitrogens is 1. The van der Waals surface area contributed by atoms with Gasteiger partial charge in [0.1, 0.15) is 12.2 Å². The van der Waals surface area contributed by atoms with E-state index in [1.54, 1.807) is 7.11 Å². The van der Waals surface area contributed by atoms with E-state index in [0.717, 1.165) is 16.8 Å². The normalized spacial score (nSPS) is 17.6. The van der Waals surface area contributed by atoms with Crippen molar-refractivity contribution in [1.82, 2.24) is 0 Å². The van der Waals surface area contributed by atoms with Gasteiger partial charge in [-0.05, 0) is 43.7 Å². The lowest BCUT2D eigenvalue weighted by molar-refractivity contribution is -0.757. The molecule has 2 aromatic rings. The first-order valence-electron chi connectivity index (χ1n) is 8.12. The van der Waals surface area contributed by atoms with Crippen LogP contribution in [0.2, 0.25) is 0 Å². The number of fused-ring (bicyclic) bond motifs is 1. The number of aryl methyl sites for hydroxylation is 1. The zero-order valence-electron chi connectivity index (χ0n) is 14.5. The lowest BCUT2D eigenvalue weighted by Gasteiger charge is -2.14. The predicted octanol–water partition coefficient (Wildman–Crippen LogP) is 1.84. The summed E-state index contributed by atoms with van der Waals surface area (Å²) in [7, 11) is 1.59. The molecule has 0 radical (unpaired) electrons. The Hall–Kier alpha value is -2.86. The highest BCUT2D eigenvalue weighted by molar-refractivity contribution is 6.45. The predicted molar refractivity (Wildman–Crippen MR) is 93.0 cm³/mol. The van der Waals surface area contributed by atoms with E-state index in [1.165, 1.54) is 0 Å². The summed E-state index contributed by atoms with van der Waals surface area (Å²) in [6, 6.07) is 11.3. The van der Waals surface area contributed by atoms with Crippen LogP contribution >= 0.6 is 0 Å². The van der Waals surface area contributed by atoms with Crippen LogP contribution in [0.4, 0.5) is 5.69 Å². The second-order valence-corrected chi connectivity index (χ2v) is 5.90. The third kappa shape index (κ3) is 3.08. The van der Waals surface area contributed by atoms with Gasteiger partial charge in [-0.25, -0.2) is 9.69 Å². The van der Waals surface area contributed by atoms with E-state index in [9.17, 15) is 10.0 Å². The van der Waals surface area contributed by atoms with E-state index in [2.05, 4.69) is 5.16 Å². The van der Waals surface area contributed by atoms with Crippen molar-refractivity contribution in [2.24, 2.45) is 5.16 Å². The molecule has 1 aliphatic rings. The zero-order chi connectivity index (χ0) is 18.0. The zero-order valence-corrected chi connectivity index (χ0v) is 14.5. The molecule has 0 aliphatic carbocycles. The minimum atomic E-state index is -0.240. The fourth-order valence-electron chi connectivity index (χ4n) is 3.08. The molecule has 0 saturated carbocycles. The van der Waals surface area contributed by atoms with Crippen molar-refractivity contribution in [3.8, 4) is 11.5 Å². The molecule has 1 aliphatic heterocycles. The van der Waals surface area contributed by atoms with Gasteiger partial charge in [-0.1, -0.05) is 11.2 Å². The maximum absolute atomic E-state index is 12.6. The highest BCUT2D eigenvalue weighted by atomic mass is 16.5. The molecule has 1 heterocycles. The van der Waals surface area contributed by atoms with Crippen LogP contribution in [0.3, 0.4) is 0 Å². The van der Waals surface area contributed by atoms with Gasteiger partial charge in [0.2, 0.25) is 5.71 Å². The second-order valence-electron chi connectivity index (χ2n) is 5.90. The monoisotopic (exact) mass is 341 g/mol. The second kappa shape index (κ2) is 6.94. The fraction of sp³-hybridized carbons (Fsp3) is 0.263. The van der Waals surface area contributed by atoms with E-state index >= 15 is 0 Å². The van der Waals surface area contributed by atoms with Crippen molar-refractivity contribution in [1.29, 1.82) is 0 Å². The lowest BCUT2D eigenvalue weighted by Crippen LogP contribution is -3.07. The van der Waals surface area contributed by atoms with Crippen LogP contribution in [0.5, 0.6) is 11.5 Å².